The van der Waals surface area contributed by atoms with Crippen molar-refractivity contribution in [3.05, 3.63) is 60.2 Å². The second-order valence-electron chi connectivity index (χ2n) is 6.08. The van der Waals surface area contributed by atoms with Crippen LogP contribution in [-0.2, 0) is 19.1 Å². The van der Waals surface area contributed by atoms with Crippen molar-refractivity contribution in [2.75, 3.05) is 18.2 Å². The van der Waals surface area contributed by atoms with Crippen molar-refractivity contribution in [2.45, 2.75) is 19.9 Å². The molecule has 1 aliphatic rings. The summed E-state index contributed by atoms with van der Waals surface area (Å²) in [5, 5.41) is 13.3. The third-order valence-corrected chi connectivity index (χ3v) is 4.06. The Bertz CT molecular complexity index is 986. The van der Waals surface area contributed by atoms with Gasteiger partial charge in [-0.05, 0) is 50.2 Å². The number of carbonyl (C=O) groups excluding carboxylic acids is 3. The molecule has 1 atom stereocenters. The van der Waals surface area contributed by atoms with Crippen LogP contribution >= 0.6 is 0 Å². The molecule has 0 aromatic heterocycles. The summed E-state index contributed by atoms with van der Waals surface area (Å²) in [7, 11) is 0. The number of nitrogens with zero attached hydrogens (tertiary/aromatic N) is 4. The summed E-state index contributed by atoms with van der Waals surface area (Å²) in [6, 6.07) is 13.7. The van der Waals surface area contributed by atoms with Crippen molar-refractivity contribution >= 4 is 34.9 Å². The zero-order chi connectivity index (χ0) is 21.5. The van der Waals surface area contributed by atoms with Crippen molar-refractivity contribution in [1.82, 2.24) is 0 Å². The third kappa shape index (κ3) is 4.57. The van der Waals surface area contributed by atoms with Gasteiger partial charge in [0.25, 0.3) is 5.91 Å². The lowest BCUT2D eigenvalue weighted by atomic mass is 10.2. The zero-order valence-corrected chi connectivity index (χ0v) is 16.5. The van der Waals surface area contributed by atoms with Crippen molar-refractivity contribution in [3.63, 3.8) is 0 Å². The molecule has 0 spiro atoms. The standard InChI is InChI=1S/C21H20N4O5/c1-3-29-20(27)14-10-12-15(13-11-14)22-23-17-18(21(28)30-4-2)24-25(19(17)26)16-8-6-5-7-9-16/h5-13,17H,3-4H2,1-2H3. The largest absolute Gasteiger partial charge is 0.462 e. The minimum atomic E-state index is -1.23. The van der Waals surface area contributed by atoms with Crippen LogP contribution in [0.1, 0.15) is 24.2 Å². The summed E-state index contributed by atoms with van der Waals surface area (Å²) in [6.45, 7) is 3.79. The molecular formula is C21H20N4O5. The number of anilines is 1. The highest BCUT2D eigenvalue weighted by molar-refractivity contribution is 6.46. The van der Waals surface area contributed by atoms with Crippen molar-refractivity contribution in [1.29, 1.82) is 0 Å². The van der Waals surface area contributed by atoms with E-state index in [1.807, 2.05) is 0 Å². The Balaban J connectivity index is 1.83. The quantitative estimate of drug-likeness (QED) is 0.516. The molecule has 30 heavy (non-hydrogen) atoms. The van der Waals surface area contributed by atoms with E-state index >= 15 is 0 Å². The van der Waals surface area contributed by atoms with Gasteiger partial charge in [0.2, 0.25) is 6.04 Å². The minimum Gasteiger partial charge on any atom is -0.462 e. The fourth-order valence-electron chi connectivity index (χ4n) is 2.66. The first-order chi connectivity index (χ1) is 14.5. The Morgan fingerprint density at radius 3 is 2.23 bits per heavy atom. The van der Waals surface area contributed by atoms with Crippen LogP contribution in [0.15, 0.2) is 69.9 Å². The van der Waals surface area contributed by atoms with Crippen LogP contribution in [0, 0.1) is 0 Å². The van der Waals surface area contributed by atoms with E-state index in [2.05, 4.69) is 15.3 Å². The number of carbonyl (C=O) groups is 3. The molecule has 1 heterocycles. The number of hydrogen-bond donors (Lipinski definition) is 0. The van der Waals surface area contributed by atoms with E-state index in [0.29, 0.717) is 16.9 Å². The number of azo groups is 1. The van der Waals surface area contributed by atoms with Crippen LogP contribution in [0.3, 0.4) is 0 Å². The van der Waals surface area contributed by atoms with E-state index in [9.17, 15) is 14.4 Å². The first-order valence-electron chi connectivity index (χ1n) is 9.37. The van der Waals surface area contributed by atoms with Gasteiger partial charge in [0.15, 0.2) is 5.71 Å². The van der Waals surface area contributed by atoms with Gasteiger partial charge in [-0.1, -0.05) is 18.2 Å². The first kappa shape index (κ1) is 20.8. The molecule has 1 unspecified atom stereocenters. The Morgan fingerprint density at radius 2 is 1.60 bits per heavy atom. The second-order valence-corrected chi connectivity index (χ2v) is 6.08. The number of para-hydroxylation sites is 1. The lowest BCUT2D eigenvalue weighted by Crippen LogP contribution is -2.33. The maximum Gasteiger partial charge on any atom is 0.357 e. The van der Waals surface area contributed by atoms with Gasteiger partial charge in [0.05, 0.1) is 30.2 Å². The van der Waals surface area contributed by atoms with Crippen LogP contribution < -0.4 is 5.01 Å². The smallest absolute Gasteiger partial charge is 0.357 e. The molecule has 1 amide bonds. The average Bonchev–Trinajstić information content (AvgIpc) is 3.10. The van der Waals surface area contributed by atoms with Crippen molar-refractivity contribution < 1.29 is 23.9 Å². The number of hydrazone groups is 1. The number of ether oxygens (including phenoxy) is 2. The van der Waals surface area contributed by atoms with Gasteiger partial charge in [0.1, 0.15) is 0 Å². The van der Waals surface area contributed by atoms with E-state index in [1.54, 1.807) is 68.4 Å². The van der Waals surface area contributed by atoms with Gasteiger partial charge in [0, 0.05) is 0 Å². The lowest BCUT2D eigenvalue weighted by Gasteiger charge is -2.11. The molecule has 0 N–H and O–H groups in total. The van der Waals surface area contributed by atoms with Crippen LogP contribution in [0.25, 0.3) is 0 Å². The number of rotatable bonds is 7. The molecule has 3 rings (SSSR count). The molecule has 9 heteroatoms. The molecule has 154 valence electrons. The molecule has 2 aromatic rings. The van der Waals surface area contributed by atoms with Gasteiger partial charge in [-0.3, -0.25) is 4.79 Å². The van der Waals surface area contributed by atoms with Gasteiger partial charge < -0.3 is 9.47 Å². The molecule has 9 nitrogen and oxygen atoms in total. The summed E-state index contributed by atoms with van der Waals surface area (Å²) < 4.78 is 9.93. The Labute approximate surface area is 173 Å². The minimum absolute atomic E-state index is 0.135. The predicted octanol–water partition coefficient (Wildman–Crippen LogP) is 3.28. The molecule has 1 aliphatic heterocycles. The van der Waals surface area contributed by atoms with Gasteiger partial charge in [-0.2, -0.15) is 20.3 Å². The van der Waals surface area contributed by atoms with Crippen molar-refractivity contribution in [2.24, 2.45) is 15.3 Å². The van der Waals surface area contributed by atoms with Gasteiger partial charge in [-0.25, -0.2) is 9.59 Å². The maximum absolute atomic E-state index is 12.9. The fraction of sp³-hybridized carbons (Fsp3) is 0.238. The van der Waals surface area contributed by atoms with Crippen molar-refractivity contribution in [3.8, 4) is 0 Å². The molecule has 0 saturated heterocycles. The summed E-state index contributed by atoms with van der Waals surface area (Å²) in [5.74, 6) is -1.69. The number of amides is 1. The average molecular weight is 408 g/mol. The van der Waals surface area contributed by atoms with E-state index in [1.165, 1.54) is 0 Å². The van der Waals surface area contributed by atoms with E-state index in [0.717, 1.165) is 5.01 Å². The van der Waals surface area contributed by atoms with Crippen LogP contribution in [-0.4, -0.2) is 42.8 Å². The zero-order valence-electron chi connectivity index (χ0n) is 16.5. The molecule has 0 fully saturated rings. The van der Waals surface area contributed by atoms with E-state index < -0.39 is 23.9 Å². The summed E-state index contributed by atoms with van der Waals surface area (Å²) >= 11 is 0. The van der Waals surface area contributed by atoms with Gasteiger partial charge in [-0.15, -0.1) is 0 Å². The monoisotopic (exact) mass is 408 g/mol. The van der Waals surface area contributed by atoms with Crippen LogP contribution in [0.4, 0.5) is 11.4 Å². The third-order valence-electron chi connectivity index (χ3n) is 4.06. The van der Waals surface area contributed by atoms with Crippen LogP contribution in [0.5, 0.6) is 0 Å². The first-order valence-corrected chi connectivity index (χ1v) is 9.37. The molecule has 0 radical (unpaired) electrons. The lowest BCUT2D eigenvalue weighted by molar-refractivity contribution is -0.135. The predicted molar refractivity (Wildman–Crippen MR) is 109 cm³/mol. The molecule has 0 aliphatic carbocycles. The normalized spacial score (nSPS) is 15.9. The van der Waals surface area contributed by atoms with E-state index in [-0.39, 0.29) is 18.9 Å². The molecular weight excluding hydrogens is 388 g/mol. The number of benzene rings is 2. The fourth-order valence-corrected chi connectivity index (χ4v) is 2.66. The molecule has 2 aromatic carbocycles. The Morgan fingerprint density at radius 1 is 0.967 bits per heavy atom. The second kappa shape index (κ2) is 9.55. The Kier molecular flexibility index (Phi) is 6.63. The maximum atomic E-state index is 12.9. The van der Waals surface area contributed by atoms with Crippen LogP contribution in [0.2, 0.25) is 0 Å². The summed E-state index contributed by atoms with van der Waals surface area (Å²) in [5.41, 5.74) is 1.13. The highest BCUT2D eigenvalue weighted by Gasteiger charge is 2.41. The highest BCUT2D eigenvalue weighted by atomic mass is 16.5. The Hall–Kier alpha value is -3.88. The van der Waals surface area contributed by atoms with E-state index in [4.69, 9.17) is 9.47 Å². The van der Waals surface area contributed by atoms with Gasteiger partial charge >= 0.3 is 11.9 Å². The topological polar surface area (TPSA) is 110 Å². The molecule has 0 saturated carbocycles. The summed E-state index contributed by atoms with van der Waals surface area (Å²) in [6.07, 6.45) is 0. The summed E-state index contributed by atoms with van der Waals surface area (Å²) in [4.78, 5) is 36.9. The molecule has 0 bridgehead atoms. The SMILES string of the molecule is CCOC(=O)C1=NN(c2ccccc2)C(=O)C1N=Nc1ccc(C(=O)OCC)cc1. The number of esters is 2. The highest BCUT2D eigenvalue weighted by Crippen LogP contribution is 2.24. The number of hydrogen-bond acceptors (Lipinski definition) is 8.